The second-order valence-electron chi connectivity index (χ2n) is 8.87. The molecule has 2 heterocycles. The first-order valence-electron chi connectivity index (χ1n) is 12.3. The Morgan fingerprint density at radius 2 is 1.76 bits per heavy atom. The third kappa shape index (κ3) is 7.00. The number of carbonyl (C=O) groups excluding carboxylic acids is 3. The van der Waals surface area contributed by atoms with Gasteiger partial charge in [-0.25, -0.2) is 9.59 Å². The number of aromatic nitrogens is 1. The number of amides is 1. The molecule has 0 bridgehead atoms. The zero-order valence-corrected chi connectivity index (χ0v) is 22.6. The number of nitro benzene ring substituents is 1. The van der Waals surface area contributed by atoms with Crippen molar-refractivity contribution in [1.29, 1.82) is 0 Å². The molecule has 0 aliphatic carbocycles. The minimum absolute atomic E-state index is 0.0972. The maximum atomic E-state index is 13.7. The Morgan fingerprint density at radius 1 is 1.07 bits per heavy atom. The van der Waals surface area contributed by atoms with Gasteiger partial charge in [-0.05, 0) is 44.9 Å². The number of nitrogens with one attached hydrogen (secondary N) is 1. The fraction of sp³-hybridized carbons (Fsp3) is 0.308. The number of pyridine rings is 1. The number of nitro groups is 1. The molecule has 2 atom stereocenters. The quantitative estimate of drug-likeness (QED) is 0.137. The zero-order chi connectivity index (χ0) is 30.3. The summed E-state index contributed by atoms with van der Waals surface area (Å²) in [6.45, 7) is 6.75. The molecule has 1 amide bonds. The van der Waals surface area contributed by atoms with E-state index in [2.05, 4.69) is 20.2 Å². The van der Waals surface area contributed by atoms with Crippen LogP contribution in [-0.4, -0.2) is 50.5 Å². The average Bonchev–Trinajstić information content (AvgIpc) is 2.93. The molecule has 0 fully saturated rings. The summed E-state index contributed by atoms with van der Waals surface area (Å²) >= 11 is 0. The molecule has 1 aliphatic rings. The molecular formula is C26H27N5O10. The van der Waals surface area contributed by atoms with Gasteiger partial charge >= 0.3 is 17.0 Å². The molecule has 0 saturated heterocycles. The maximum absolute atomic E-state index is 13.7. The van der Waals surface area contributed by atoms with Gasteiger partial charge < -0.3 is 15.0 Å². The lowest BCUT2D eigenvalue weighted by atomic mass is 9.79. The van der Waals surface area contributed by atoms with Gasteiger partial charge in [0.2, 0.25) is 0 Å². The van der Waals surface area contributed by atoms with Gasteiger partial charge in [-0.3, -0.25) is 24.8 Å². The van der Waals surface area contributed by atoms with Gasteiger partial charge in [0.1, 0.15) is 0 Å². The van der Waals surface area contributed by atoms with Crippen molar-refractivity contribution in [2.24, 2.45) is 0 Å². The largest absolute Gasteiger partial charge is 0.439 e. The smallest absolute Gasteiger partial charge is 0.372 e. The first-order valence-corrected chi connectivity index (χ1v) is 12.3. The molecule has 1 aromatic heterocycles. The zero-order valence-electron chi connectivity index (χ0n) is 22.6. The van der Waals surface area contributed by atoms with Crippen LogP contribution in [0.15, 0.2) is 71.3 Å². The number of hydrogen-bond acceptors (Lipinski definition) is 12. The number of nitrogens with zero attached hydrogens (tertiary/aromatic N) is 4. The number of rotatable bonds is 11. The second-order valence-corrected chi connectivity index (χ2v) is 8.87. The predicted octanol–water partition coefficient (Wildman–Crippen LogP) is 3.33. The normalized spacial score (nSPS) is 15.6. The number of benzene rings is 1. The fourth-order valence-corrected chi connectivity index (χ4v) is 4.47. The molecule has 0 spiro atoms. The summed E-state index contributed by atoms with van der Waals surface area (Å²) in [5.41, 5.74) is 0.358. The SMILES string of the molecule is CCCN1C(C)=C(C(=O)OO[N+](=O)[O-])[C@H](c2cccc([N+](=O)[O-])c2)C(C(=O)OC(C)NC(=O)c2cccnc2)=C1C. The molecule has 0 saturated carbocycles. The Bertz CT molecular complexity index is 1420. The van der Waals surface area contributed by atoms with Gasteiger partial charge in [0.05, 0.1) is 27.6 Å². The van der Waals surface area contributed by atoms with E-state index in [1.165, 1.54) is 49.6 Å². The lowest BCUT2D eigenvalue weighted by Crippen LogP contribution is -2.40. The molecule has 15 nitrogen and oxygen atoms in total. The van der Waals surface area contributed by atoms with Gasteiger partial charge in [-0.1, -0.05) is 24.0 Å². The molecule has 1 unspecified atom stereocenters. The minimum atomic E-state index is -1.33. The van der Waals surface area contributed by atoms with Crippen LogP contribution in [0.25, 0.3) is 0 Å². The lowest BCUT2D eigenvalue weighted by molar-refractivity contribution is -0.839. The first kappa shape index (κ1) is 30.2. The number of non-ortho nitro benzene ring substituents is 1. The number of hydrogen-bond donors (Lipinski definition) is 1. The van der Waals surface area contributed by atoms with Crippen molar-refractivity contribution in [3.8, 4) is 0 Å². The van der Waals surface area contributed by atoms with Crippen LogP contribution in [0.4, 0.5) is 5.69 Å². The van der Waals surface area contributed by atoms with E-state index in [9.17, 15) is 34.6 Å². The number of ether oxygens (including phenoxy) is 1. The molecule has 1 aliphatic heterocycles. The third-order valence-corrected chi connectivity index (χ3v) is 6.18. The van der Waals surface area contributed by atoms with E-state index in [0.29, 0.717) is 18.7 Å². The van der Waals surface area contributed by atoms with Gasteiger partial charge in [-0.15, -0.1) is 10.1 Å². The highest BCUT2D eigenvalue weighted by atomic mass is 17.3. The summed E-state index contributed by atoms with van der Waals surface area (Å²) in [5, 5.41) is 23.4. The molecule has 15 heteroatoms. The van der Waals surface area contributed by atoms with E-state index < -0.39 is 40.0 Å². The molecule has 2 aromatic rings. The lowest BCUT2D eigenvalue weighted by Gasteiger charge is -2.37. The summed E-state index contributed by atoms with van der Waals surface area (Å²) in [5.74, 6) is -4.10. The molecule has 41 heavy (non-hydrogen) atoms. The van der Waals surface area contributed by atoms with E-state index >= 15 is 0 Å². The Balaban J connectivity index is 2.09. The summed E-state index contributed by atoms with van der Waals surface area (Å²) in [6.07, 6.45) is 2.24. The van der Waals surface area contributed by atoms with Gasteiger partial charge in [-0.2, -0.15) is 0 Å². The molecule has 3 rings (SSSR count). The number of carbonyl (C=O) groups is 3. The predicted molar refractivity (Wildman–Crippen MR) is 140 cm³/mol. The minimum Gasteiger partial charge on any atom is -0.439 e. The van der Waals surface area contributed by atoms with Crippen LogP contribution >= 0.6 is 0 Å². The van der Waals surface area contributed by atoms with Crippen molar-refractivity contribution < 1.29 is 39.0 Å². The average molecular weight is 570 g/mol. The van der Waals surface area contributed by atoms with E-state index in [1.54, 1.807) is 24.8 Å². The Labute approximate surface area is 233 Å². The Hall–Kier alpha value is -5.34. The highest BCUT2D eigenvalue weighted by Crippen LogP contribution is 2.43. The van der Waals surface area contributed by atoms with Crippen LogP contribution in [0.5, 0.6) is 0 Å². The molecular weight excluding hydrogens is 542 g/mol. The Kier molecular flexibility index (Phi) is 9.68. The highest BCUT2D eigenvalue weighted by Gasteiger charge is 2.42. The molecule has 216 valence electrons. The highest BCUT2D eigenvalue weighted by molar-refractivity contribution is 6.00. The van der Waals surface area contributed by atoms with Crippen LogP contribution < -0.4 is 5.32 Å². The molecule has 1 aromatic carbocycles. The topological polar surface area (TPSA) is 193 Å². The standard InChI is InChI=1S/C26H27N5O10/c1-5-12-29-15(2)21(25(33)39-17(4)28-24(32)19-9-7-11-27-14-19)23(18-8-6-10-20(13-18)30(35)36)22(16(29)3)26(34)40-41-31(37)38/h6-11,13-14,17,23H,5,12H2,1-4H3,(H,28,32)/t17?,23-/m1/s1. The second kappa shape index (κ2) is 13.1. The van der Waals surface area contributed by atoms with Crippen molar-refractivity contribution >= 4 is 23.5 Å². The van der Waals surface area contributed by atoms with E-state index in [4.69, 9.17) is 4.74 Å². The fourth-order valence-electron chi connectivity index (χ4n) is 4.47. The maximum Gasteiger partial charge on any atom is 0.372 e. The van der Waals surface area contributed by atoms with Crippen molar-refractivity contribution in [3.05, 3.63) is 103 Å². The summed E-state index contributed by atoms with van der Waals surface area (Å²) in [4.78, 5) is 74.8. The number of allylic oxidation sites excluding steroid dienone is 2. The Morgan fingerprint density at radius 3 is 2.34 bits per heavy atom. The summed E-state index contributed by atoms with van der Waals surface area (Å²) < 4.78 is 5.55. The van der Waals surface area contributed by atoms with Gasteiger partial charge in [0, 0.05) is 42.5 Å². The van der Waals surface area contributed by atoms with Crippen LogP contribution in [0, 0.1) is 20.2 Å². The van der Waals surface area contributed by atoms with Crippen molar-refractivity contribution in [2.45, 2.75) is 46.3 Å². The number of esters is 1. The van der Waals surface area contributed by atoms with Gasteiger partial charge in [0.25, 0.3) is 11.6 Å². The van der Waals surface area contributed by atoms with Crippen LogP contribution in [0.1, 0.15) is 56.0 Å². The molecule has 0 radical (unpaired) electrons. The van der Waals surface area contributed by atoms with Crippen molar-refractivity contribution in [2.75, 3.05) is 6.54 Å². The van der Waals surface area contributed by atoms with Crippen LogP contribution in [0.3, 0.4) is 0 Å². The monoisotopic (exact) mass is 569 g/mol. The third-order valence-electron chi connectivity index (χ3n) is 6.18. The first-order chi connectivity index (χ1) is 19.5. The van der Waals surface area contributed by atoms with E-state index in [1.807, 2.05) is 6.92 Å². The van der Waals surface area contributed by atoms with Crippen molar-refractivity contribution in [3.63, 3.8) is 0 Å². The van der Waals surface area contributed by atoms with Gasteiger partial charge in [0.15, 0.2) is 6.23 Å². The van der Waals surface area contributed by atoms with Crippen LogP contribution in [0.2, 0.25) is 0 Å². The van der Waals surface area contributed by atoms with E-state index in [0.717, 1.165) is 0 Å². The van der Waals surface area contributed by atoms with Crippen LogP contribution in [-0.2, 0) is 24.2 Å². The molecule has 1 N–H and O–H groups in total. The summed E-state index contributed by atoms with van der Waals surface area (Å²) in [7, 11) is 0. The summed E-state index contributed by atoms with van der Waals surface area (Å²) in [6, 6.07) is 8.30. The van der Waals surface area contributed by atoms with Crippen molar-refractivity contribution in [1.82, 2.24) is 15.2 Å². The van der Waals surface area contributed by atoms with E-state index in [-0.39, 0.29) is 33.7 Å².